The van der Waals surface area contributed by atoms with Gasteiger partial charge in [0.15, 0.2) is 0 Å². The second-order valence-electron chi connectivity index (χ2n) is 14.7. The number of fused-ring (bicyclic) bond motifs is 5. The van der Waals surface area contributed by atoms with Crippen molar-refractivity contribution >= 4 is 0 Å². The van der Waals surface area contributed by atoms with E-state index in [1.54, 1.807) is 38.5 Å². The molecule has 0 spiro atoms. The van der Waals surface area contributed by atoms with E-state index in [0.29, 0.717) is 10.8 Å². The highest BCUT2D eigenvalue weighted by Gasteiger charge is 2.60. The van der Waals surface area contributed by atoms with Gasteiger partial charge in [-0.2, -0.15) is 0 Å². The Bertz CT molecular complexity index is 682. The molecule has 0 radical (unpaired) electrons. The molecule has 0 aromatic heterocycles. The highest BCUT2D eigenvalue weighted by molar-refractivity contribution is 5.09. The van der Waals surface area contributed by atoms with E-state index in [9.17, 15) is 0 Å². The Hall–Kier alpha value is -0.300. The van der Waals surface area contributed by atoms with Gasteiger partial charge in [0.05, 0.1) is 0 Å². The molecular weight excluding hydrogens is 422 g/mol. The predicted octanol–water partition coefficient (Wildman–Crippen LogP) is 9.81. The summed E-state index contributed by atoms with van der Waals surface area (Å²) in [5.74, 6) is 7.03. The van der Waals surface area contributed by atoms with E-state index < -0.39 is 0 Å². The van der Waals surface area contributed by atoms with Gasteiger partial charge in [-0.15, -0.1) is 6.58 Å². The Balaban J connectivity index is 1.30. The summed E-state index contributed by atoms with van der Waals surface area (Å²) in [6, 6.07) is 0. The van der Waals surface area contributed by atoms with Gasteiger partial charge in [0.2, 0.25) is 0 Å². The average Bonchev–Trinajstić information content (AvgIpc) is 3.19. The third kappa shape index (κ3) is 5.91. The van der Waals surface area contributed by atoms with Crippen LogP contribution in [0.1, 0.15) is 137 Å². The van der Waals surface area contributed by atoms with E-state index in [-0.39, 0.29) is 0 Å². The van der Waals surface area contributed by atoms with Crippen molar-refractivity contribution in [3.63, 3.8) is 0 Å². The smallest absolute Gasteiger partial charge is 0.00519 e. The molecule has 4 aliphatic rings. The van der Waals surface area contributed by atoms with Crippen LogP contribution in [0.25, 0.3) is 0 Å². The minimum Gasteiger partial charge on any atom is -0.320 e. The summed E-state index contributed by atoms with van der Waals surface area (Å²) in [5, 5.41) is 3.29. The third-order valence-electron chi connectivity index (χ3n) is 12.6. The summed E-state index contributed by atoms with van der Waals surface area (Å²) in [7, 11) is 2.08. The summed E-state index contributed by atoms with van der Waals surface area (Å²) in [4.78, 5) is 0. The fourth-order valence-corrected chi connectivity index (χ4v) is 10.5. The molecule has 4 saturated carbocycles. The summed E-state index contributed by atoms with van der Waals surface area (Å²) in [6.45, 7) is 15.7. The maximum atomic E-state index is 4.19. The number of hydrogen-bond acceptors (Lipinski definition) is 1. The van der Waals surface area contributed by atoms with Crippen LogP contribution in [0.5, 0.6) is 0 Å². The van der Waals surface area contributed by atoms with Crippen LogP contribution in [0.4, 0.5) is 0 Å². The van der Waals surface area contributed by atoms with E-state index >= 15 is 0 Å². The third-order valence-corrected chi connectivity index (χ3v) is 12.6. The normalized spacial score (nSPS) is 41.6. The molecule has 0 aromatic carbocycles. The van der Waals surface area contributed by atoms with E-state index in [4.69, 9.17) is 0 Å². The van der Waals surface area contributed by atoms with Crippen molar-refractivity contribution in [3.8, 4) is 0 Å². The second-order valence-corrected chi connectivity index (χ2v) is 14.7. The first-order valence-corrected chi connectivity index (χ1v) is 16.1. The van der Waals surface area contributed by atoms with Crippen LogP contribution < -0.4 is 5.32 Å². The van der Waals surface area contributed by atoms with Crippen LogP contribution in [-0.4, -0.2) is 13.6 Å². The topological polar surface area (TPSA) is 12.0 Å². The van der Waals surface area contributed by atoms with Gasteiger partial charge < -0.3 is 5.32 Å². The summed E-state index contributed by atoms with van der Waals surface area (Å²) >= 11 is 0. The highest BCUT2D eigenvalue weighted by atomic mass is 14.8. The molecule has 0 amide bonds. The van der Waals surface area contributed by atoms with Crippen LogP contribution >= 0.6 is 0 Å². The minimum absolute atomic E-state index is 0.628. The monoisotopic (exact) mass is 483 g/mol. The van der Waals surface area contributed by atoms with E-state index in [1.165, 1.54) is 82.7 Å². The molecule has 4 rings (SSSR count). The lowest BCUT2D eigenvalue weighted by atomic mass is 9.44. The molecule has 9 unspecified atom stereocenters. The summed E-state index contributed by atoms with van der Waals surface area (Å²) < 4.78 is 0. The lowest BCUT2D eigenvalue weighted by molar-refractivity contribution is -0.121. The van der Waals surface area contributed by atoms with Gasteiger partial charge in [-0.25, -0.2) is 0 Å². The lowest BCUT2D eigenvalue weighted by Crippen LogP contribution is -2.53. The SMILES string of the molecule is C=C(C)CCC(C)C1CCC2C3CCC4CC(CCCCCCCNC)CCC4(C)C3CCC12C. The van der Waals surface area contributed by atoms with Crippen molar-refractivity contribution in [2.45, 2.75) is 137 Å². The Morgan fingerprint density at radius 3 is 2.37 bits per heavy atom. The van der Waals surface area contributed by atoms with Crippen molar-refractivity contribution in [2.75, 3.05) is 13.6 Å². The van der Waals surface area contributed by atoms with Crippen LogP contribution in [-0.2, 0) is 0 Å². The molecule has 35 heavy (non-hydrogen) atoms. The quantitative estimate of drug-likeness (QED) is 0.215. The van der Waals surface area contributed by atoms with E-state index in [0.717, 1.165) is 41.4 Å². The predicted molar refractivity (Wildman–Crippen MR) is 154 cm³/mol. The molecular formula is C34H61N. The maximum absolute atomic E-state index is 4.19. The summed E-state index contributed by atoms with van der Waals surface area (Å²) in [5.41, 5.74) is 2.67. The number of rotatable bonds is 12. The number of unbranched alkanes of at least 4 members (excludes halogenated alkanes) is 4. The molecule has 4 fully saturated rings. The van der Waals surface area contributed by atoms with Crippen molar-refractivity contribution in [1.29, 1.82) is 0 Å². The maximum Gasteiger partial charge on any atom is -0.00519 e. The number of allylic oxidation sites excluding steroid dienone is 1. The Labute approximate surface area is 220 Å². The molecule has 0 heterocycles. The zero-order valence-electron chi connectivity index (χ0n) is 24.5. The molecule has 202 valence electrons. The standard InChI is InChI=1S/C34H61N/c1-25(2)13-14-26(3)30-17-18-31-29-16-15-28-24-27(12-10-8-7-9-11-23-35-6)19-21-33(28,4)32(29)20-22-34(30,31)5/h26-32,35H,1,7-24H2,2-6H3. The molecule has 0 aromatic rings. The largest absolute Gasteiger partial charge is 0.320 e. The molecule has 9 atom stereocenters. The first-order valence-electron chi connectivity index (χ1n) is 16.1. The highest BCUT2D eigenvalue weighted by Crippen LogP contribution is 2.68. The van der Waals surface area contributed by atoms with E-state index in [1.807, 2.05) is 0 Å². The van der Waals surface area contributed by atoms with E-state index in [2.05, 4.69) is 46.6 Å². The molecule has 1 heteroatoms. The zero-order chi connectivity index (χ0) is 25.1. The number of nitrogens with one attached hydrogen (secondary N) is 1. The first kappa shape index (κ1) is 27.7. The van der Waals surface area contributed by atoms with Crippen molar-refractivity contribution in [2.24, 2.45) is 52.3 Å². The fraction of sp³-hybridized carbons (Fsp3) is 0.941. The average molecular weight is 484 g/mol. The van der Waals surface area contributed by atoms with Crippen LogP contribution in [0.15, 0.2) is 12.2 Å². The summed E-state index contributed by atoms with van der Waals surface area (Å²) in [6.07, 6.45) is 25.2. The van der Waals surface area contributed by atoms with Gasteiger partial charge in [-0.3, -0.25) is 0 Å². The fourth-order valence-electron chi connectivity index (χ4n) is 10.5. The zero-order valence-corrected chi connectivity index (χ0v) is 24.5. The van der Waals surface area contributed by atoms with Crippen molar-refractivity contribution in [3.05, 3.63) is 12.2 Å². The molecule has 0 saturated heterocycles. The first-order chi connectivity index (χ1) is 16.8. The molecule has 1 nitrogen and oxygen atoms in total. The van der Waals surface area contributed by atoms with Gasteiger partial charge in [0, 0.05) is 0 Å². The Morgan fingerprint density at radius 1 is 0.886 bits per heavy atom. The minimum atomic E-state index is 0.628. The lowest BCUT2D eigenvalue weighted by Gasteiger charge is -2.61. The van der Waals surface area contributed by atoms with Gasteiger partial charge >= 0.3 is 0 Å². The van der Waals surface area contributed by atoms with Gasteiger partial charge in [-0.1, -0.05) is 58.4 Å². The second kappa shape index (κ2) is 12.0. The van der Waals surface area contributed by atoms with Crippen LogP contribution in [0, 0.1) is 52.3 Å². The van der Waals surface area contributed by atoms with Crippen molar-refractivity contribution in [1.82, 2.24) is 5.32 Å². The van der Waals surface area contributed by atoms with Crippen LogP contribution in [0.3, 0.4) is 0 Å². The van der Waals surface area contributed by atoms with Crippen LogP contribution in [0.2, 0.25) is 0 Å². The van der Waals surface area contributed by atoms with Gasteiger partial charge in [0.25, 0.3) is 0 Å². The molecule has 0 aliphatic heterocycles. The van der Waals surface area contributed by atoms with Gasteiger partial charge in [-0.05, 0) is 150 Å². The molecule has 0 bridgehead atoms. The molecule has 1 N–H and O–H groups in total. The Kier molecular flexibility index (Phi) is 9.54. The Morgan fingerprint density at radius 2 is 1.60 bits per heavy atom. The van der Waals surface area contributed by atoms with Crippen molar-refractivity contribution < 1.29 is 0 Å². The molecule has 4 aliphatic carbocycles. The van der Waals surface area contributed by atoms with Gasteiger partial charge in [0.1, 0.15) is 0 Å². The number of hydrogen-bond donors (Lipinski definition) is 1.